The number of nitrogens with two attached hydrogens (primary N) is 2. The summed E-state index contributed by atoms with van der Waals surface area (Å²) in [7, 11) is 0. The molecule has 0 radical (unpaired) electrons. The smallest absolute Gasteiger partial charge is 0.221 e. The summed E-state index contributed by atoms with van der Waals surface area (Å²) in [4.78, 5) is 13.6. The summed E-state index contributed by atoms with van der Waals surface area (Å²) >= 11 is 4.85. The van der Waals surface area contributed by atoms with Gasteiger partial charge < -0.3 is 11.5 Å². The first-order valence-electron chi connectivity index (χ1n) is 4.82. The second-order valence-corrected chi connectivity index (χ2v) is 4.45. The fraction of sp³-hybridized carbons (Fsp3) is 0.778. The molecule has 1 amide bonds. The lowest BCUT2D eigenvalue weighted by Crippen LogP contribution is -2.48. The summed E-state index contributed by atoms with van der Waals surface area (Å²) in [5, 5.41) is 0. The second-order valence-electron chi connectivity index (χ2n) is 3.92. The fourth-order valence-corrected chi connectivity index (χ4v) is 2.00. The predicted molar refractivity (Wildman–Crippen MR) is 59.7 cm³/mol. The molecule has 1 fully saturated rings. The highest BCUT2D eigenvalue weighted by Crippen LogP contribution is 2.21. The van der Waals surface area contributed by atoms with Gasteiger partial charge in [0.25, 0.3) is 0 Å². The number of rotatable bonds is 3. The average molecular weight is 215 g/mol. The highest BCUT2D eigenvalue weighted by molar-refractivity contribution is 7.80. The van der Waals surface area contributed by atoms with Gasteiger partial charge in [-0.25, -0.2) is 0 Å². The zero-order valence-electron chi connectivity index (χ0n) is 8.40. The molecule has 14 heavy (non-hydrogen) atoms. The molecule has 0 spiro atoms. The number of hydrogen-bond acceptors (Lipinski definition) is 3. The van der Waals surface area contributed by atoms with Gasteiger partial charge in [-0.2, -0.15) is 0 Å². The number of primary amides is 1. The molecule has 1 rings (SSSR count). The van der Waals surface area contributed by atoms with Crippen molar-refractivity contribution in [2.75, 3.05) is 13.1 Å². The van der Waals surface area contributed by atoms with Gasteiger partial charge >= 0.3 is 0 Å². The van der Waals surface area contributed by atoms with E-state index in [4.69, 9.17) is 23.7 Å². The van der Waals surface area contributed by atoms with Gasteiger partial charge in [0, 0.05) is 19.1 Å². The molecule has 1 heterocycles. The molecule has 2 unspecified atom stereocenters. The first kappa shape index (κ1) is 11.4. The summed E-state index contributed by atoms with van der Waals surface area (Å²) in [6.07, 6.45) is 1.86. The topological polar surface area (TPSA) is 72.4 Å². The molecule has 0 aromatic rings. The molecule has 0 aliphatic carbocycles. The molecule has 4 N–H and O–H groups in total. The van der Waals surface area contributed by atoms with Crippen molar-refractivity contribution >= 4 is 23.1 Å². The number of piperidine rings is 1. The zero-order valence-corrected chi connectivity index (χ0v) is 9.22. The van der Waals surface area contributed by atoms with E-state index >= 15 is 0 Å². The first-order valence-corrected chi connectivity index (χ1v) is 5.23. The van der Waals surface area contributed by atoms with Crippen molar-refractivity contribution in [1.82, 2.24) is 4.90 Å². The maximum absolute atomic E-state index is 11.0. The third kappa shape index (κ3) is 2.92. The number of amides is 1. The second kappa shape index (κ2) is 4.70. The molecule has 0 aromatic carbocycles. The van der Waals surface area contributed by atoms with E-state index in [1.54, 1.807) is 0 Å². The van der Waals surface area contributed by atoms with Crippen LogP contribution in [0.3, 0.4) is 0 Å². The van der Waals surface area contributed by atoms with Crippen LogP contribution in [0.25, 0.3) is 0 Å². The van der Waals surface area contributed by atoms with Crippen LogP contribution in [-0.2, 0) is 4.79 Å². The number of carbonyl (C=O) groups is 1. The number of nitrogens with zero attached hydrogens (tertiary/aromatic N) is 1. The predicted octanol–water partition coefficient (Wildman–Crippen LogP) is -0.142. The van der Waals surface area contributed by atoms with Gasteiger partial charge in [0.1, 0.15) is 0 Å². The molecule has 80 valence electrons. The molecule has 4 nitrogen and oxygen atoms in total. The highest BCUT2D eigenvalue weighted by atomic mass is 32.1. The van der Waals surface area contributed by atoms with Gasteiger partial charge in [0.05, 0.1) is 10.9 Å². The van der Waals surface area contributed by atoms with Gasteiger partial charge in [-0.05, 0) is 19.8 Å². The van der Waals surface area contributed by atoms with Crippen LogP contribution in [0.5, 0.6) is 0 Å². The number of hydrogen-bond donors (Lipinski definition) is 2. The minimum absolute atomic E-state index is 0.0412. The molecule has 1 aliphatic heterocycles. The van der Waals surface area contributed by atoms with E-state index in [0.717, 1.165) is 12.8 Å². The van der Waals surface area contributed by atoms with E-state index in [1.165, 1.54) is 0 Å². The van der Waals surface area contributed by atoms with Crippen LogP contribution in [0.1, 0.15) is 19.8 Å². The van der Waals surface area contributed by atoms with Gasteiger partial charge in [-0.1, -0.05) is 12.2 Å². The van der Waals surface area contributed by atoms with Crippen LogP contribution < -0.4 is 11.5 Å². The Morgan fingerprint density at radius 2 is 2.14 bits per heavy atom. The van der Waals surface area contributed by atoms with Crippen LogP contribution in [-0.4, -0.2) is 34.9 Å². The number of carbonyl (C=O) groups excluding carboxylic acids is 1. The number of likely N-dealkylation sites (tertiary alicyclic amines) is 1. The van der Waals surface area contributed by atoms with E-state index in [9.17, 15) is 4.79 Å². The van der Waals surface area contributed by atoms with Crippen LogP contribution in [0.4, 0.5) is 0 Å². The quantitative estimate of drug-likeness (QED) is 0.643. The lowest BCUT2D eigenvalue weighted by molar-refractivity contribution is -0.123. The third-order valence-corrected chi connectivity index (χ3v) is 2.90. The molecule has 2 atom stereocenters. The first-order chi connectivity index (χ1) is 6.50. The number of thiocarbonyl (C=S) groups is 1. The van der Waals surface area contributed by atoms with Crippen LogP contribution in [0.2, 0.25) is 0 Å². The normalized spacial score (nSPS) is 28.6. The summed E-state index contributed by atoms with van der Waals surface area (Å²) in [5.74, 6) is -0.259. The van der Waals surface area contributed by atoms with Crippen LogP contribution in [0.15, 0.2) is 0 Å². The standard InChI is InChI=1S/C9H17N3OS/c1-6-2-3-7(9(11)13)4-12(6)5-8(10)14/h6-7H,2-5H2,1H3,(H2,10,14)(H2,11,13). The minimum Gasteiger partial charge on any atom is -0.392 e. The molecule has 0 bridgehead atoms. The summed E-state index contributed by atoms with van der Waals surface area (Å²) < 4.78 is 0. The van der Waals surface area contributed by atoms with E-state index in [0.29, 0.717) is 24.1 Å². The molecule has 0 saturated carbocycles. The van der Waals surface area contributed by atoms with Crippen LogP contribution in [0, 0.1) is 5.92 Å². The Morgan fingerprint density at radius 1 is 1.50 bits per heavy atom. The van der Waals surface area contributed by atoms with Crippen molar-refractivity contribution < 1.29 is 4.79 Å². The Labute approximate surface area is 89.6 Å². The maximum Gasteiger partial charge on any atom is 0.221 e. The van der Waals surface area contributed by atoms with Crippen molar-refractivity contribution in [3.63, 3.8) is 0 Å². The maximum atomic E-state index is 11.0. The lowest BCUT2D eigenvalue weighted by Gasteiger charge is -2.36. The molecule has 1 aliphatic rings. The average Bonchev–Trinajstić information content (AvgIpc) is 2.07. The van der Waals surface area contributed by atoms with E-state index in [2.05, 4.69) is 11.8 Å². The highest BCUT2D eigenvalue weighted by Gasteiger charge is 2.28. The van der Waals surface area contributed by atoms with Crippen LogP contribution >= 0.6 is 12.2 Å². The monoisotopic (exact) mass is 215 g/mol. The Kier molecular flexibility index (Phi) is 3.83. The Bertz CT molecular complexity index is 244. The molecular formula is C9H17N3OS. The lowest BCUT2D eigenvalue weighted by atomic mass is 9.93. The van der Waals surface area contributed by atoms with Crippen molar-refractivity contribution in [2.24, 2.45) is 17.4 Å². The summed E-state index contributed by atoms with van der Waals surface area (Å²) in [5.41, 5.74) is 10.8. The van der Waals surface area contributed by atoms with Crippen molar-refractivity contribution in [3.05, 3.63) is 0 Å². The Morgan fingerprint density at radius 3 is 2.64 bits per heavy atom. The van der Waals surface area contributed by atoms with E-state index < -0.39 is 0 Å². The molecule has 0 aromatic heterocycles. The fourth-order valence-electron chi connectivity index (χ4n) is 1.83. The van der Waals surface area contributed by atoms with E-state index in [1.807, 2.05) is 0 Å². The van der Waals surface area contributed by atoms with Gasteiger partial charge in [-0.3, -0.25) is 9.69 Å². The van der Waals surface area contributed by atoms with Gasteiger partial charge in [-0.15, -0.1) is 0 Å². The van der Waals surface area contributed by atoms with E-state index in [-0.39, 0.29) is 11.8 Å². The van der Waals surface area contributed by atoms with Crippen molar-refractivity contribution in [1.29, 1.82) is 0 Å². The van der Waals surface area contributed by atoms with Gasteiger partial charge in [0.15, 0.2) is 0 Å². The summed E-state index contributed by atoms with van der Waals surface area (Å²) in [6.45, 7) is 3.39. The third-order valence-electron chi connectivity index (χ3n) is 2.77. The SMILES string of the molecule is CC1CCC(C(N)=O)CN1CC(N)=S. The molecule has 1 saturated heterocycles. The Hall–Kier alpha value is -0.680. The van der Waals surface area contributed by atoms with Crippen molar-refractivity contribution in [3.8, 4) is 0 Å². The van der Waals surface area contributed by atoms with Crippen molar-refractivity contribution in [2.45, 2.75) is 25.8 Å². The largest absolute Gasteiger partial charge is 0.392 e. The Balaban J connectivity index is 2.55. The minimum atomic E-state index is -0.218. The summed E-state index contributed by atoms with van der Waals surface area (Å²) in [6, 6.07) is 0.437. The molecular weight excluding hydrogens is 198 g/mol. The zero-order chi connectivity index (χ0) is 10.7. The van der Waals surface area contributed by atoms with Gasteiger partial charge in [0.2, 0.25) is 5.91 Å². The molecule has 5 heteroatoms.